The number of aromatic hydroxyl groups is 1. The smallest absolute Gasteiger partial charge is 0.122 e. The molecule has 0 aromatic heterocycles. The van der Waals surface area contributed by atoms with Gasteiger partial charge in [0, 0.05) is 17.1 Å². The predicted molar refractivity (Wildman–Crippen MR) is 192 cm³/mol. The van der Waals surface area contributed by atoms with Gasteiger partial charge in [0.05, 0.1) is 0 Å². The van der Waals surface area contributed by atoms with E-state index in [-0.39, 0.29) is 0 Å². The maximum absolute atomic E-state index is 10.8. The van der Waals surface area contributed by atoms with E-state index in [0.29, 0.717) is 5.75 Å². The van der Waals surface area contributed by atoms with Crippen molar-refractivity contribution in [1.29, 1.82) is 0 Å². The van der Waals surface area contributed by atoms with E-state index in [0.717, 1.165) is 29.1 Å². The lowest BCUT2D eigenvalue weighted by molar-refractivity contribution is 0.464. The molecule has 240 valence electrons. The fraction of sp³-hybridized carbons (Fsp3) is 0.842. The molecule has 0 fully saturated rings. The highest BCUT2D eigenvalue weighted by Crippen LogP contribution is 2.31. The molecule has 0 spiro atoms. The normalized spacial score (nSPS) is 11.5. The number of thioether (sulfide) groups is 2. The molecule has 0 aliphatic carbocycles. The van der Waals surface area contributed by atoms with Crippen LogP contribution in [-0.4, -0.2) is 16.6 Å². The van der Waals surface area contributed by atoms with Crippen molar-refractivity contribution >= 4 is 23.5 Å². The largest absolute Gasteiger partial charge is 0.507 e. The van der Waals surface area contributed by atoms with E-state index in [4.69, 9.17) is 0 Å². The lowest BCUT2D eigenvalue weighted by atomic mass is 10.0. The molecule has 0 atom stereocenters. The number of benzene rings is 1. The molecule has 1 N–H and O–H groups in total. The average molecular weight is 607 g/mol. The fourth-order valence-corrected chi connectivity index (χ4v) is 7.70. The molecule has 0 aliphatic rings. The molecule has 3 heteroatoms. The van der Waals surface area contributed by atoms with Crippen LogP contribution in [0, 0.1) is 0 Å². The Hall–Kier alpha value is -0.280. The van der Waals surface area contributed by atoms with Gasteiger partial charge in [0.15, 0.2) is 0 Å². The number of phenols is 1. The SMILES string of the molecule is CCCCCCCCCCCCCCSCc1cc(CC)c(O)c(CSCCCCCCCCCCCCCC)c1. The maximum atomic E-state index is 10.8. The van der Waals surface area contributed by atoms with Gasteiger partial charge in [0.2, 0.25) is 0 Å². The Labute approximate surface area is 266 Å². The highest BCUT2D eigenvalue weighted by molar-refractivity contribution is 7.98. The molecule has 0 amide bonds. The third kappa shape index (κ3) is 22.9. The first-order valence-corrected chi connectivity index (χ1v) is 20.5. The third-order valence-corrected chi connectivity index (χ3v) is 10.7. The van der Waals surface area contributed by atoms with Crippen molar-refractivity contribution in [2.24, 2.45) is 0 Å². The van der Waals surface area contributed by atoms with Crippen LogP contribution in [0.2, 0.25) is 0 Å². The molecule has 0 saturated carbocycles. The highest BCUT2D eigenvalue weighted by atomic mass is 32.2. The van der Waals surface area contributed by atoms with Crippen LogP contribution in [0.15, 0.2) is 12.1 Å². The average Bonchev–Trinajstić information content (AvgIpc) is 2.98. The lowest BCUT2D eigenvalue weighted by Gasteiger charge is -2.12. The Morgan fingerprint density at radius 3 is 1.17 bits per heavy atom. The summed E-state index contributed by atoms with van der Waals surface area (Å²) in [5.74, 6) is 5.08. The van der Waals surface area contributed by atoms with E-state index in [9.17, 15) is 5.11 Å². The van der Waals surface area contributed by atoms with Crippen LogP contribution < -0.4 is 0 Å². The molecular weight excluding hydrogens is 537 g/mol. The molecule has 0 radical (unpaired) electrons. The molecule has 0 unspecified atom stereocenters. The number of aryl methyl sites for hydroxylation is 1. The van der Waals surface area contributed by atoms with Gasteiger partial charge < -0.3 is 5.11 Å². The lowest BCUT2D eigenvalue weighted by Crippen LogP contribution is -1.94. The van der Waals surface area contributed by atoms with Crippen LogP contribution in [0.4, 0.5) is 0 Å². The summed E-state index contributed by atoms with van der Waals surface area (Å²) in [5, 5.41) is 10.8. The van der Waals surface area contributed by atoms with E-state index < -0.39 is 0 Å². The molecule has 1 nitrogen and oxygen atoms in total. The summed E-state index contributed by atoms with van der Waals surface area (Å²) in [4.78, 5) is 0. The summed E-state index contributed by atoms with van der Waals surface area (Å²) < 4.78 is 0. The summed E-state index contributed by atoms with van der Waals surface area (Å²) >= 11 is 4.09. The van der Waals surface area contributed by atoms with Crippen molar-refractivity contribution in [2.45, 2.75) is 193 Å². The Bertz CT molecular complexity index is 689. The maximum Gasteiger partial charge on any atom is 0.122 e. The molecule has 1 rings (SSSR count). The number of hydrogen-bond acceptors (Lipinski definition) is 3. The number of hydrogen-bond donors (Lipinski definition) is 1. The summed E-state index contributed by atoms with van der Waals surface area (Å²) in [5.41, 5.74) is 3.70. The van der Waals surface area contributed by atoms with Crippen LogP contribution in [-0.2, 0) is 17.9 Å². The molecule has 0 aliphatic heterocycles. The van der Waals surface area contributed by atoms with Crippen molar-refractivity contribution in [3.05, 3.63) is 28.8 Å². The number of unbranched alkanes of at least 4 members (excludes halogenated alkanes) is 22. The highest BCUT2D eigenvalue weighted by Gasteiger charge is 2.09. The summed E-state index contributed by atoms with van der Waals surface area (Å²) in [6.07, 6.45) is 34.9. The molecule has 41 heavy (non-hydrogen) atoms. The summed E-state index contributed by atoms with van der Waals surface area (Å²) in [6.45, 7) is 6.76. The second-order valence-electron chi connectivity index (χ2n) is 12.5. The quantitative estimate of drug-likeness (QED) is 0.0849. The van der Waals surface area contributed by atoms with Gasteiger partial charge in [0.25, 0.3) is 0 Å². The van der Waals surface area contributed by atoms with Gasteiger partial charge in [-0.05, 0) is 41.9 Å². The predicted octanol–water partition coefficient (Wildman–Crippen LogP) is 13.8. The van der Waals surface area contributed by atoms with Gasteiger partial charge in [-0.25, -0.2) is 0 Å². The zero-order chi connectivity index (χ0) is 29.6. The second-order valence-corrected chi connectivity index (χ2v) is 14.7. The second kappa shape index (κ2) is 29.8. The molecule has 0 heterocycles. The van der Waals surface area contributed by atoms with Crippen LogP contribution in [0.25, 0.3) is 0 Å². The van der Waals surface area contributed by atoms with Gasteiger partial charge in [-0.15, -0.1) is 0 Å². The summed E-state index contributed by atoms with van der Waals surface area (Å²) in [7, 11) is 0. The van der Waals surface area contributed by atoms with Crippen LogP contribution in [0.3, 0.4) is 0 Å². The van der Waals surface area contributed by atoms with E-state index in [1.807, 2.05) is 11.8 Å². The minimum absolute atomic E-state index is 0.560. The first-order valence-electron chi connectivity index (χ1n) is 18.2. The molecule has 1 aromatic rings. The van der Waals surface area contributed by atoms with Crippen LogP contribution >= 0.6 is 23.5 Å². The van der Waals surface area contributed by atoms with E-state index in [1.54, 1.807) is 0 Å². The van der Waals surface area contributed by atoms with E-state index >= 15 is 0 Å². The number of rotatable bonds is 31. The molecule has 0 bridgehead atoms. The Morgan fingerprint density at radius 1 is 0.439 bits per heavy atom. The van der Waals surface area contributed by atoms with Crippen molar-refractivity contribution in [1.82, 2.24) is 0 Å². The Balaban J connectivity index is 2.08. The van der Waals surface area contributed by atoms with Crippen LogP contribution in [0.5, 0.6) is 5.75 Å². The Kier molecular flexibility index (Phi) is 28.1. The fourth-order valence-electron chi connectivity index (χ4n) is 5.76. The Morgan fingerprint density at radius 2 is 0.780 bits per heavy atom. The van der Waals surface area contributed by atoms with Gasteiger partial charge in [-0.2, -0.15) is 23.5 Å². The van der Waals surface area contributed by atoms with Gasteiger partial charge >= 0.3 is 0 Å². The first kappa shape index (κ1) is 38.7. The van der Waals surface area contributed by atoms with Gasteiger partial charge in [-0.3, -0.25) is 0 Å². The van der Waals surface area contributed by atoms with Crippen molar-refractivity contribution in [3.8, 4) is 5.75 Å². The van der Waals surface area contributed by atoms with Gasteiger partial charge in [0.1, 0.15) is 5.75 Å². The standard InChI is InChI=1S/C38H70OS2/c1-4-7-9-11-13-15-17-19-21-23-25-27-29-40-33-35-31-36(6-3)38(39)37(32-35)34-41-30-28-26-24-22-20-18-16-14-12-10-8-5-2/h31-32,39H,4-30,33-34H2,1-3H3. The van der Waals surface area contributed by atoms with Crippen molar-refractivity contribution < 1.29 is 5.11 Å². The molecular formula is C38H70OS2. The first-order chi connectivity index (χ1) is 20.2. The zero-order valence-electron chi connectivity index (χ0n) is 27.9. The van der Waals surface area contributed by atoms with Crippen molar-refractivity contribution in [3.63, 3.8) is 0 Å². The van der Waals surface area contributed by atoms with Crippen molar-refractivity contribution in [2.75, 3.05) is 11.5 Å². The minimum atomic E-state index is 0.560. The summed E-state index contributed by atoms with van der Waals surface area (Å²) in [6, 6.07) is 4.54. The monoisotopic (exact) mass is 606 g/mol. The minimum Gasteiger partial charge on any atom is -0.507 e. The molecule has 1 aromatic carbocycles. The zero-order valence-corrected chi connectivity index (χ0v) is 29.6. The van der Waals surface area contributed by atoms with Crippen LogP contribution in [0.1, 0.15) is 192 Å². The van der Waals surface area contributed by atoms with Gasteiger partial charge in [-0.1, -0.05) is 174 Å². The molecule has 0 saturated heterocycles. The number of phenolic OH excluding ortho intramolecular Hbond substituents is 1. The van der Waals surface area contributed by atoms with E-state index in [1.165, 1.54) is 171 Å². The topological polar surface area (TPSA) is 20.2 Å². The van der Waals surface area contributed by atoms with E-state index in [2.05, 4.69) is 44.7 Å². The third-order valence-electron chi connectivity index (χ3n) is 8.52.